The topological polar surface area (TPSA) is 23.5 Å². The lowest BCUT2D eigenvalue weighted by Crippen LogP contribution is -2.63. The molecule has 11 heavy (non-hydrogen) atoms. The molecule has 1 unspecified atom stereocenters. The highest BCUT2D eigenvalue weighted by Crippen LogP contribution is 2.25. The molecule has 2 heteroatoms. The Morgan fingerprint density at radius 3 is 2.64 bits per heavy atom. The Bertz CT molecular complexity index is 150. The normalized spacial score (nSPS) is 25.7. The molecule has 1 atom stereocenters. The van der Waals surface area contributed by atoms with Crippen LogP contribution in [-0.4, -0.2) is 34.7 Å². The van der Waals surface area contributed by atoms with Crippen LogP contribution in [0.25, 0.3) is 0 Å². The van der Waals surface area contributed by atoms with E-state index in [9.17, 15) is 5.11 Å². The molecule has 0 aromatic carbocycles. The summed E-state index contributed by atoms with van der Waals surface area (Å²) >= 11 is 0. The second-order valence-electron chi connectivity index (χ2n) is 3.46. The average molecular weight is 155 g/mol. The molecular weight excluding hydrogens is 138 g/mol. The summed E-state index contributed by atoms with van der Waals surface area (Å²) in [6, 6.07) is 0.404. The van der Waals surface area contributed by atoms with Gasteiger partial charge in [0.05, 0.1) is 5.60 Å². The molecule has 0 aromatic rings. The van der Waals surface area contributed by atoms with Crippen LogP contribution in [0.5, 0.6) is 0 Å². The van der Waals surface area contributed by atoms with Crippen LogP contribution in [0.2, 0.25) is 0 Å². The van der Waals surface area contributed by atoms with Gasteiger partial charge in [0, 0.05) is 19.1 Å². The predicted octanol–water partition coefficient (Wildman–Crippen LogP) is 1.02. The van der Waals surface area contributed by atoms with E-state index in [1.165, 1.54) is 0 Å². The lowest BCUT2D eigenvalue weighted by Gasteiger charge is -2.48. The van der Waals surface area contributed by atoms with Gasteiger partial charge in [-0.2, -0.15) is 0 Å². The summed E-state index contributed by atoms with van der Waals surface area (Å²) in [7, 11) is 0. The van der Waals surface area contributed by atoms with Crippen molar-refractivity contribution in [1.29, 1.82) is 0 Å². The van der Waals surface area contributed by atoms with Gasteiger partial charge in [-0.05, 0) is 13.3 Å². The van der Waals surface area contributed by atoms with E-state index in [0.717, 1.165) is 19.5 Å². The average Bonchev–Trinajstić information content (AvgIpc) is 1.97. The Labute approximate surface area is 68.5 Å². The maximum Gasteiger partial charge on any atom is 0.0898 e. The van der Waals surface area contributed by atoms with Crippen molar-refractivity contribution in [3.8, 4) is 0 Å². The first kappa shape index (κ1) is 8.75. The summed E-state index contributed by atoms with van der Waals surface area (Å²) in [6.07, 6.45) is 2.77. The molecular formula is C9H17NO. The monoisotopic (exact) mass is 155 g/mol. The zero-order chi connectivity index (χ0) is 8.48. The molecule has 0 spiro atoms. The van der Waals surface area contributed by atoms with Crippen molar-refractivity contribution in [3.05, 3.63) is 12.7 Å². The van der Waals surface area contributed by atoms with Gasteiger partial charge in [-0.15, -0.1) is 6.58 Å². The molecule has 1 heterocycles. The standard InChI is InChI=1S/C9H17NO/c1-4-8(3)10-6-9(11,5-2)7-10/h4,8,11H,1,5-7H2,2-3H3. The first-order valence-electron chi connectivity index (χ1n) is 4.20. The quantitative estimate of drug-likeness (QED) is 0.615. The van der Waals surface area contributed by atoms with Crippen LogP contribution in [0.15, 0.2) is 12.7 Å². The molecule has 2 nitrogen and oxygen atoms in total. The molecule has 0 saturated carbocycles. The minimum Gasteiger partial charge on any atom is -0.387 e. The fourth-order valence-corrected chi connectivity index (χ4v) is 1.37. The number of nitrogens with zero attached hydrogens (tertiary/aromatic N) is 1. The highest BCUT2D eigenvalue weighted by Gasteiger charge is 2.40. The maximum atomic E-state index is 9.66. The van der Waals surface area contributed by atoms with Gasteiger partial charge in [0.15, 0.2) is 0 Å². The van der Waals surface area contributed by atoms with Gasteiger partial charge < -0.3 is 5.11 Å². The van der Waals surface area contributed by atoms with Crippen LogP contribution >= 0.6 is 0 Å². The van der Waals surface area contributed by atoms with E-state index in [4.69, 9.17) is 0 Å². The summed E-state index contributed by atoms with van der Waals surface area (Å²) < 4.78 is 0. The summed E-state index contributed by atoms with van der Waals surface area (Å²) in [5.74, 6) is 0. The minimum absolute atomic E-state index is 0.404. The van der Waals surface area contributed by atoms with Crippen molar-refractivity contribution in [2.75, 3.05) is 13.1 Å². The highest BCUT2D eigenvalue weighted by atomic mass is 16.3. The second kappa shape index (κ2) is 2.95. The number of hydrogen-bond acceptors (Lipinski definition) is 2. The number of rotatable bonds is 3. The molecule has 0 amide bonds. The number of hydrogen-bond donors (Lipinski definition) is 1. The van der Waals surface area contributed by atoms with E-state index in [-0.39, 0.29) is 0 Å². The zero-order valence-corrected chi connectivity index (χ0v) is 7.38. The van der Waals surface area contributed by atoms with Crippen LogP contribution in [0.4, 0.5) is 0 Å². The smallest absolute Gasteiger partial charge is 0.0898 e. The second-order valence-corrected chi connectivity index (χ2v) is 3.46. The molecule has 1 aliphatic heterocycles. The molecule has 1 fully saturated rings. The number of likely N-dealkylation sites (tertiary alicyclic amines) is 1. The van der Waals surface area contributed by atoms with Crippen LogP contribution in [0, 0.1) is 0 Å². The Morgan fingerprint density at radius 1 is 1.73 bits per heavy atom. The van der Waals surface area contributed by atoms with Crippen molar-refractivity contribution >= 4 is 0 Å². The third kappa shape index (κ3) is 1.63. The van der Waals surface area contributed by atoms with Crippen LogP contribution in [0.1, 0.15) is 20.3 Å². The lowest BCUT2D eigenvalue weighted by molar-refractivity contribution is -0.107. The van der Waals surface area contributed by atoms with Crippen LogP contribution in [0.3, 0.4) is 0 Å². The zero-order valence-electron chi connectivity index (χ0n) is 7.38. The van der Waals surface area contributed by atoms with Crippen LogP contribution < -0.4 is 0 Å². The van der Waals surface area contributed by atoms with Crippen molar-refractivity contribution in [2.24, 2.45) is 0 Å². The van der Waals surface area contributed by atoms with E-state index in [2.05, 4.69) is 18.4 Å². The summed E-state index contributed by atoms with van der Waals surface area (Å²) in [5, 5.41) is 9.66. The fourth-order valence-electron chi connectivity index (χ4n) is 1.37. The molecule has 0 aromatic heterocycles. The molecule has 0 aliphatic carbocycles. The number of aliphatic hydroxyl groups is 1. The van der Waals surface area contributed by atoms with Crippen molar-refractivity contribution < 1.29 is 5.11 Å². The van der Waals surface area contributed by atoms with E-state index in [0.29, 0.717) is 6.04 Å². The van der Waals surface area contributed by atoms with E-state index in [1.54, 1.807) is 0 Å². The van der Waals surface area contributed by atoms with Gasteiger partial charge in [0.2, 0.25) is 0 Å². The number of β-amino-alcohol motifs (C(OH)–C–C–N with tert-alkyl or cyclic N) is 1. The van der Waals surface area contributed by atoms with Gasteiger partial charge in [-0.25, -0.2) is 0 Å². The molecule has 1 N–H and O–H groups in total. The van der Waals surface area contributed by atoms with Gasteiger partial charge in [0.1, 0.15) is 0 Å². The van der Waals surface area contributed by atoms with E-state index < -0.39 is 5.60 Å². The Morgan fingerprint density at radius 2 is 2.27 bits per heavy atom. The highest BCUT2D eigenvalue weighted by molar-refractivity contribution is 5.00. The molecule has 1 saturated heterocycles. The Kier molecular flexibility index (Phi) is 2.35. The van der Waals surface area contributed by atoms with Gasteiger partial charge in [-0.1, -0.05) is 13.0 Å². The van der Waals surface area contributed by atoms with Crippen molar-refractivity contribution in [2.45, 2.75) is 31.9 Å². The Balaban J connectivity index is 2.33. The van der Waals surface area contributed by atoms with Crippen molar-refractivity contribution in [1.82, 2.24) is 4.90 Å². The third-order valence-electron chi connectivity index (χ3n) is 2.57. The Hall–Kier alpha value is -0.340. The molecule has 1 rings (SSSR count). The fraction of sp³-hybridized carbons (Fsp3) is 0.778. The largest absolute Gasteiger partial charge is 0.387 e. The first-order valence-corrected chi connectivity index (χ1v) is 4.20. The third-order valence-corrected chi connectivity index (χ3v) is 2.57. The van der Waals surface area contributed by atoms with Crippen molar-refractivity contribution in [3.63, 3.8) is 0 Å². The first-order chi connectivity index (χ1) is 5.11. The summed E-state index contributed by atoms with van der Waals surface area (Å²) in [4.78, 5) is 2.22. The summed E-state index contributed by atoms with van der Waals surface area (Å²) in [6.45, 7) is 9.44. The maximum absolute atomic E-state index is 9.66. The molecule has 0 radical (unpaired) electrons. The van der Waals surface area contributed by atoms with Gasteiger partial charge >= 0.3 is 0 Å². The predicted molar refractivity (Wildman–Crippen MR) is 46.5 cm³/mol. The molecule has 1 aliphatic rings. The van der Waals surface area contributed by atoms with E-state index >= 15 is 0 Å². The summed E-state index contributed by atoms with van der Waals surface area (Å²) in [5.41, 5.74) is -0.405. The van der Waals surface area contributed by atoms with Gasteiger partial charge in [0.25, 0.3) is 0 Å². The van der Waals surface area contributed by atoms with E-state index in [1.807, 2.05) is 13.0 Å². The lowest BCUT2D eigenvalue weighted by atomic mass is 9.90. The SMILES string of the molecule is C=CC(C)N1CC(O)(CC)C1. The minimum atomic E-state index is -0.405. The van der Waals surface area contributed by atoms with Crippen LogP contribution in [-0.2, 0) is 0 Å². The molecule has 0 bridgehead atoms. The van der Waals surface area contributed by atoms with Gasteiger partial charge in [-0.3, -0.25) is 4.90 Å². The molecule has 64 valence electrons.